The summed E-state index contributed by atoms with van der Waals surface area (Å²) in [5, 5.41) is 0. The minimum atomic E-state index is 0.476. The van der Waals surface area contributed by atoms with E-state index >= 15 is 0 Å². The first-order valence-corrected chi connectivity index (χ1v) is 6.98. The van der Waals surface area contributed by atoms with Gasteiger partial charge in [0.25, 0.3) is 0 Å². The molecule has 0 saturated carbocycles. The number of carbonyl (C=O) groups is 1. The Balaban J connectivity index is 2.84. The van der Waals surface area contributed by atoms with Crippen molar-refractivity contribution in [3.05, 3.63) is 58.2 Å². The van der Waals surface area contributed by atoms with Crippen LogP contribution in [0.2, 0.25) is 0 Å². The van der Waals surface area contributed by atoms with Crippen molar-refractivity contribution in [3.63, 3.8) is 0 Å². The molecule has 96 valence electrons. The van der Waals surface area contributed by atoms with Crippen LogP contribution in [0.4, 0.5) is 0 Å². The van der Waals surface area contributed by atoms with Gasteiger partial charge in [0, 0.05) is 0 Å². The second kappa shape index (κ2) is 7.77. The van der Waals surface area contributed by atoms with Crippen LogP contribution in [0.1, 0.15) is 18.1 Å². The SMILES string of the molecule is C/C=C/C(OCc1ccccc1C)=C(/C=O)SC. The van der Waals surface area contributed by atoms with E-state index in [0.717, 1.165) is 11.8 Å². The summed E-state index contributed by atoms with van der Waals surface area (Å²) in [5.74, 6) is 0.628. The lowest BCUT2D eigenvalue weighted by atomic mass is 10.1. The molecule has 0 saturated heterocycles. The van der Waals surface area contributed by atoms with E-state index in [1.807, 2.05) is 56.5 Å². The summed E-state index contributed by atoms with van der Waals surface area (Å²) in [7, 11) is 0. The number of allylic oxidation sites excluding steroid dienone is 3. The van der Waals surface area contributed by atoms with Gasteiger partial charge in [0.2, 0.25) is 0 Å². The molecule has 0 unspecified atom stereocenters. The molecule has 0 aliphatic heterocycles. The van der Waals surface area contributed by atoms with E-state index in [0.29, 0.717) is 17.3 Å². The fourth-order valence-electron chi connectivity index (χ4n) is 1.49. The molecule has 2 nitrogen and oxygen atoms in total. The molecule has 1 aromatic carbocycles. The third kappa shape index (κ3) is 4.08. The number of hydrogen-bond acceptors (Lipinski definition) is 3. The topological polar surface area (TPSA) is 26.3 Å². The van der Waals surface area contributed by atoms with Crippen molar-refractivity contribution in [2.24, 2.45) is 0 Å². The van der Waals surface area contributed by atoms with Crippen LogP contribution < -0.4 is 0 Å². The van der Waals surface area contributed by atoms with Gasteiger partial charge in [0.05, 0.1) is 4.91 Å². The maximum Gasteiger partial charge on any atom is 0.160 e. The van der Waals surface area contributed by atoms with E-state index in [2.05, 4.69) is 0 Å². The van der Waals surface area contributed by atoms with Gasteiger partial charge in [-0.2, -0.15) is 0 Å². The Morgan fingerprint density at radius 1 is 1.39 bits per heavy atom. The number of thioether (sulfide) groups is 1. The molecule has 0 atom stereocenters. The standard InChI is InChI=1S/C15H18O2S/c1-4-7-14(15(10-16)18-3)17-11-13-9-6-5-8-12(13)2/h4-10H,11H2,1-3H3/b7-4+,15-14+. The van der Waals surface area contributed by atoms with Crippen molar-refractivity contribution in [1.29, 1.82) is 0 Å². The Morgan fingerprint density at radius 3 is 2.67 bits per heavy atom. The number of carbonyl (C=O) groups excluding carboxylic acids is 1. The van der Waals surface area contributed by atoms with Crippen LogP contribution in [0.5, 0.6) is 0 Å². The van der Waals surface area contributed by atoms with E-state index in [9.17, 15) is 4.79 Å². The molecule has 0 amide bonds. The van der Waals surface area contributed by atoms with Gasteiger partial charge in [-0.3, -0.25) is 4.79 Å². The Labute approximate surface area is 113 Å². The average molecular weight is 262 g/mol. The van der Waals surface area contributed by atoms with Crippen molar-refractivity contribution in [2.75, 3.05) is 6.26 Å². The molecule has 0 aromatic heterocycles. The summed E-state index contributed by atoms with van der Waals surface area (Å²) >= 11 is 1.39. The largest absolute Gasteiger partial charge is 0.488 e. The maximum absolute atomic E-state index is 10.9. The van der Waals surface area contributed by atoms with E-state index < -0.39 is 0 Å². The summed E-state index contributed by atoms with van der Waals surface area (Å²) in [6.07, 6.45) is 6.38. The minimum Gasteiger partial charge on any atom is -0.488 e. The molecule has 1 aromatic rings. The smallest absolute Gasteiger partial charge is 0.160 e. The van der Waals surface area contributed by atoms with Crippen LogP contribution >= 0.6 is 11.8 Å². The van der Waals surface area contributed by atoms with E-state index in [4.69, 9.17) is 4.74 Å². The Bertz CT molecular complexity index is 461. The van der Waals surface area contributed by atoms with Crippen molar-refractivity contribution < 1.29 is 9.53 Å². The number of aldehydes is 1. The predicted octanol–water partition coefficient (Wildman–Crippen LogP) is 3.86. The summed E-state index contributed by atoms with van der Waals surface area (Å²) in [4.78, 5) is 11.6. The first-order valence-electron chi connectivity index (χ1n) is 5.76. The number of rotatable bonds is 6. The molecule has 0 fully saturated rings. The Hall–Kier alpha value is -1.48. The molecule has 0 bridgehead atoms. The number of ether oxygens (including phenoxy) is 1. The zero-order chi connectivity index (χ0) is 13.4. The predicted molar refractivity (Wildman–Crippen MR) is 77.4 cm³/mol. The monoisotopic (exact) mass is 262 g/mol. The molecular weight excluding hydrogens is 244 g/mol. The molecule has 0 N–H and O–H groups in total. The number of benzene rings is 1. The highest BCUT2D eigenvalue weighted by Crippen LogP contribution is 2.19. The molecule has 0 aliphatic rings. The maximum atomic E-state index is 10.9. The van der Waals surface area contributed by atoms with Gasteiger partial charge < -0.3 is 4.74 Å². The van der Waals surface area contributed by atoms with Crippen molar-refractivity contribution in [2.45, 2.75) is 20.5 Å². The van der Waals surface area contributed by atoms with Crippen molar-refractivity contribution in [3.8, 4) is 0 Å². The molecule has 0 spiro atoms. The fourth-order valence-corrected chi connectivity index (χ4v) is 1.91. The third-order valence-corrected chi connectivity index (χ3v) is 3.27. The lowest BCUT2D eigenvalue weighted by Crippen LogP contribution is -1.97. The highest BCUT2D eigenvalue weighted by atomic mass is 32.2. The van der Waals surface area contributed by atoms with Gasteiger partial charge in [-0.25, -0.2) is 0 Å². The van der Waals surface area contributed by atoms with Crippen LogP contribution in [0, 0.1) is 6.92 Å². The number of hydrogen-bond donors (Lipinski definition) is 0. The first kappa shape index (κ1) is 14.6. The highest BCUT2D eigenvalue weighted by Gasteiger charge is 2.05. The summed E-state index contributed by atoms with van der Waals surface area (Å²) in [6, 6.07) is 8.06. The Kier molecular flexibility index (Phi) is 6.29. The zero-order valence-corrected chi connectivity index (χ0v) is 11.8. The molecule has 3 heteroatoms. The molecule has 0 aliphatic carbocycles. The lowest BCUT2D eigenvalue weighted by molar-refractivity contribution is -0.104. The molecular formula is C15H18O2S. The second-order valence-electron chi connectivity index (χ2n) is 3.77. The van der Waals surface area contributed by atoms with Crippen molar-refractivity contribution in [1.82, 2.24) is 0 Å². The molecule has 0 radical (unpaired) electrons. The van der Waals surface area contributed by atoms with E-state index in [1.54, 1.807) is 0 Å². The van der Waals surface area contributed by atoms with Crippen molar-refractivity contribution >= 4 is 18.0 Å². The zero-order valence-electron chi connectivity index (χ0n) is 11.0. The fraction of sp³-hybridized carbons (Fsp3) is 0.267. The lowest BCUT2D eigenvalue weighted by Gasteiger charge is -2.11. The van der Waals surface area contributed by atoms with E-state index in [-0.39, 0.29) is 0 Å². The normalized spacial score (nSPS) is 12.4. The van der Waals surface area contributed by atoms with Crippen LogP contribution in [-0.4, -0.2) is 12.5 Å². The Morgan fingerprint density at radius 2 is 2.11 bits per heavy atom. The van der Waals surface area contributed by atoms with Crippen LogP contribution in [0.25, 0.3) is 0 Å². The van der Waals surface area contributed by atoms with Gasteiger partial charge in [-0.15, -0.1) is 11.8 Å². The summed E-state index contributed by atoms with van der Waals surface area (Å²) < 4.78 is 5.73. The second-order valence-corrected chi connectivity index (χ2v) is 4.61. The average Bonchev–Trinajstić information content (AvgIpc) is 2.39. The van der Waals surface area contributed by atoms with Crippen LogP contribution in [0.3, 0.4) is 0 Å². The number of aryl methyl sites for hydroxylation is 1. The highest BCUT2D eigenvalue weighted by molar-refractivity contribution is 8.03. The molecule has 1 rings (SSSR count). The van der Waals surface area contributed by atoms with Crippen LogP contribution in [0.15, 0.2) is 47.1 Å². The molecule has 18 heavy (non-hydrogen) atoms. The van der Waals surface area contributed by atoms with Gasteiger partial charge in [-0.05, 0) is 37.3 Å². The van der Waals surface area contributed by atoms with Gasteiger partial charge in [-0.1, -0.05) is 30.3 Å². The summed E-state index contributed by atoms with van der Waals surface area (Å²) in [5.41, 5.74) is 2.32. The van der Waals surface area contributed by atoms with E-state index in [1.165, 1.54) is 17.3 Å². The molecule has 0 heterocycles. The van der Waals surface area contributed by atoms with Crippen LogP contribution in [-0.2, 0) is 16.1 Å². The summed E-state index contributed by atoms with van der Waals surface area (Å²) in [6.45, 7) is 4.43. The van der Waals surface area contributed by atoms with Gasteiger partial charge in [0.15, 0.2) is 6.29 Å². The van der Waals surface area contributed by atoms with Gasteiger partial charge >= 0.3 is 0 Å². The quantitative estimate of drug-likeness (QED) is 0.337. The minimum absolute atomic E-state index is 0.476. The third-order valence-electron chi connectivity index (χ3n) is 2.53. The first-order chi connectivity index (χ1) is 8.72. The van der Waals surface area contributed by atoms with Gasteiger partial charge in [0.1, 0.15) is 12.4 Å².